The molecule has 5 nitrogen and oxygen atoms in total. The molecule has 0 saturated heterocycles. The van der Waals surface area contributed by atoms with Crippen LogP contribution >= 0.6 is 11.6 Å². The van der Waals surface area contributed by atoms with Gasteiger partial charge in [-0.2, -0.15) is 0 Å². The van der Waals surface area contributed by atoms with Gasteiger partial charge in [-0.1, -0.05) is 23.7 Å². The third kappa shape index (κ3) is 2.35. The van der Waals surface area contributed by atoms with Crippen molar-refractivity contribution in [3.63, 3.8) is 0 Å². The van der Waals surface area contributed by atoms with E-state index >= 15 is 0 Å². The van der Waals surface area contributed by atoms with Gasteiger partial charge in [-0.15, -0.1) is 0 Å². The number of benzene rings is 1. The van der Waals surface area contributed by atoms with E-state index in [2.05, 4.69) is 4.98 Å². The first-order valence-corrected chi connectivity index (χ1v) is 6.37. The summed E-state index contributed by atoms with van der Waals surface area (Å²) in [5, 5.41) is 10.9. The van der Waals surface area contributed by atoms with Gasteiger partial charge in [0.15, 0.2) is 0 Å². The zero-order valence-electron chi connectivity index (χ0n) is 10.4. The molecule has 0 aliphatic heterocycles. The second-order valence-electron chi connectivity index (χ2n) is 4.42. The van der Waals surface area contributed by atoms with Crippen LogP contribution in [0.15, 0.2) is 48.8 Å². The van der Waals surface area contributed by atoms with E-state index in [0.717, 1.165) is 16.9 Å². The number of rotatable bonds is 3. The molecule has 0 saturated carbocycles. The number of aromatic nitrogens is 2. The molecule has 0 amide bonds. The predicted molar refractivity (Wildman–Crippen MR) is 76.1 cm³/mol. The van der Waals surface area contributed by atoms with Gasteiger partial charge in [0.05, 0.1) is 10.6 Å². The Hall–Kier alpha value is -2.40. The van der Waals surface area contributed by atoms with Crippen molar-refractivity contribution in [2.75, 3.05) is 0 Å². The molecule has 0 atom stereocenters. The highest BCUT2D eigenvalue weighted by Gasteiger charge is 2.12. The van der Waals surface area contributed by atoms with Crippen molar-refractivity contribution in [2.24, 2.45) is 0 Å². The second kappa shape index (κ2) is 4.94. The van der Waals surface area contributed by atoms with Gasteiger partial charge >= 0.3 is 0 Å². The van der Waals surface area contributed by atoms with Crippen LogP contribution in [0.3, 0.4) is 0 Å². The lowest BCUT2D eigenvalue weighted by Crippen LogP contribution is -1.92. The summed E-state index contributed by atoms with van der Waals surface area (Å²) in [5.74, 6) is 0. The Morgan fingerprint density at radius 2 is 2.15 bits per heavy atom. The standard InChI is InChI=1S/C14H10ClN3O2/c15-12-8-10(4-5-13(12)18(19)20)7-11-9-17-6-2-1-3-14(17)16-11/h1-6,8-9H,7H2. The number of halogens is 1. The number of nitro benzene ring substituents is 1. The van der Waals surface area contributed by atoms with Crippen LogP contribution in [-0.2, 0) is 6.42 Å². The van der Waals surface area contributed by atoms with Crippen LogP contribution in [0.5, 0.6) is 0 Å². The van der Waals surface area contributed by atoms with Gasteiger partial charge in [-0.05, 0) is 23.8 Å². The first kappa shape index (κ1) is 12.6. The smallest absolute Gasteiger partial charge is 0.287 e. The molecule has 2 aromatic heterocycles. The van der Waals surface area contributed by atoms with Crippen molar-refractivity contribution in [1.82, 2.24) is 9.38 Å². The normalized spacial score (nSPS) is 10.8. The van der Waals surface area contributed by atoms with Crippen LogP contribution in [0.25, 0.3) is 5.65 Å². The monoisotopic (exact) mass is 287 g/mol. The van der Waals surface area contributed by atoms with E-state index < -0.39 is 4.92 Å². The molecule has 0 radical (unpaired) electrons. The molecule has 1 aromatic carbocycles. The highest BCUT2D eigenvalue weighted by Crippen LogP contribution is 2.25. The summed E-state index contributed by atoms with van der Waals surface area (Å²) in [5.41, 5.74) is 2.58. The van der Waals surface area contributed by atoms with Crippen molar-refractivity contribution >= 4 is 22.9 Å². The van der Waals surface area contributed by atoms with Gasteiger partial charge in [-0.3, -0.25) is 10.1 Å². The van der Waals surface area contributed by atoms with Gasteiger partial charge in [-0.25, -0.2) is 4.98 Å². The van der Waals surface area contributed by atoms with Crippen molar-refractivity contribution in [3.05, 3.63) is 75.2 Å². The van der Waals surface area contributed by atoms with Crippen LogP contribution in [0.2, 0.25) is 5.02 Å². The molecule has 2 heterocycles. The molecular weight excluding hydrogens is 278 g/mol. The third-order valence-corrected chi connectivity index (χ3v) is 3.31. The fraction of sp³-hybridized carbons (Fsp3) is 0.0714. The Labute approximate surface area is 119 Å². The summed E-state index contributed by atoms with van der Waals surface area (Å²) < 4.78 is 1.93. The van der Waals surface area contributed by atoms with E-state index in [-0.39, 0.29) is 10.7 Å². The molecule has 3 rings (SSSR count). The second-order valence-corrected chi connectivity index (χ2v) is 4.83. The molecule has 0 bridgehead atoms. The van der Waals surface area contributed by atoms with E-state index in [1.54, 1.807) is 12.1 Å². The zero-order chi connectivity index (χ0) is 14.1. The van der Waals surface area contributed by atoms with Crippen LogP contribution < -0.4 is 0 Å². The van der Waals surface area contributed by atoms with Crippen molar-refractivity contribution in [1.29, 1.82) is 0 Å². The Morgan fingerprint density at radius 3 is 2.85 bits per heavy atom. The summed E-state index contributed by atoms with van der Waals surface area (Å²) in [6, 6.07) is 10.5. The average molecular weight is 288 g/mol. The average Bonchev–Trinajstić information content (AvgIpc) is 2.80. The molecule has 20 heavy (non-hydrogen) atoms. The van der Waals surface area contributed by atoms with Gasteiger partial charge in [0.25, 0.3) is 5.69 Å². The molecule has 0 aliphatic rings. The molecule has 0 aliphatic carbocycles. The van der Waals surface area contributed by atoms with E-state index in [4.69, 9.17) is 11.6 Å². The molecule has 0 N–H and O–H groups in total. The summed E-state index contributed by atoms with van der Waals surface area (Å²) >= 11 is 5.90. The highest BCUT2D eigenvalue weighted by atomic mass is 35.5. The lowest BCUT2D eigenvalue weighted by Gasteiger charge is -2.00. The van der Waals surface area contributed by atoms with Crippen LogP contribution in [0.1, 0.15) is 11.3 Å². The minimum atomic E-state index is -0.489. The molecular formula is C14H10ClN3O2. The maximum atomic E-state index is 10.7. The molecule has 0 fully saturated rings. The molecule has 0 spiro atoms. The van der Waals surface area contributed by atoms with Crippen molar-refractivity contribution < 1.29 is 4.92 Å². The van der Waals surface area contributed by atoms with Gasteiger partial charge < -0.3 is 4.40 Å². The van der Waals surface area contributed by atoms with E-state index in [1.807, 2.05) is 35.0 Å². The minimum Gasteiger partial charge on any atom is -0.307 e. The number of pyridine rings is 1. The first-order chi connectivity index (χ1) is 9.63. The van der Waals surface area contributed by atoms with E-state index in [9.17, 15) is 10.1 Å². The number of nitrogens with zero attached hydrogens (tertiary/aromatic N) is 3. The fourth-order valence-electron chi connectivity index (χ4n) is 2.09. The number of imidazole rings is 1. The number of fused-ring (bicyclic) bond motifs is 1. The van der Waals surface area contributed by atoms with Crippen LogP contribution in [0, 0.1) is 10.1 Å². The Morgan fingerprint density at radius 1 is 1.30 bits per heavy atom. The van der Waals surface area contributed by atoms with Crippen LogP contribution in [-0.4, -0.2) is 14.3 Å². The number of nitro groups is 1. The quantitative estimate of drug-likeness (QED) is 0.547. The molecule has 3 aromatic rings. The van der Waals surface area contributed by atoms with Gasteiger partial charge in [0, 0.05) is 24.9 Å². The maximum absolute atomic E-state index is 10.7. The van der Waals surface area contributed by atoms with Crippen LogP contribution in [0.4, 0.5) is 5.69 Å². The first-order valence-electron chi connectivity index (χ1n) is 5.99. The summed E-state index contributed by atoms with van der Waals surface area (Å²) in [6.45, 7) is 0. The van der Waals surface area contributed by atoms with Gasteiger partial charge in [0.1, 0.15) is 10.7 Å². The van der Waals surface area contributed by atoms with E-state index in [0.29, 0.717) is 6.42 Å². The maximum Gasteiger partial charge on any atom is 0.287 e. The van der Waals surface area contributed by atoms with Crippen molar-refractivity contribution in [3.8, 4) is 0 Å². The lowest BCUT2D eigenvalue weighted by atomic mass is 10.1. The molecule has 0 unspecified atom stereocenters. The summed E-state index contributed by atoms with van der Waals surface area (Å²) in [4.78, 5) is 14.7. The summed E-state index contributed by atoms with van der Waals surface area (Å²) in [7, 11) is 0. The lowest BCUT2D eigenvalue weighted by molar-refractivity contribution is -0.384. The van der Waals surface area contributed by atoms with E-state index in [1.165, 1.54) is 6.07 Å². The zero-order valence-corrected chi connectivity index (χ0v) is 11.1. The third-order valence-electron chi connectivity index (χ3n) is 3.01. The van der Waals surface area contributed by atoms with Gasteiger partial charge in [0.2, 0.25) is 0 Å². The molecule has 6 heteroatoms. The SMILES string of the molecule is O=[N+]([O-])c1ccc(Cc2cn3ccccc3n2)cc1Cl. The van der Waals surface area contributed by atoms with Crippen molar-refractivity contribution in [2.45, 2.75) is 6.42 Å². The topological polar surface area (TPSA) is 60.4 Å². The number of hydrogen-bond acceptors (Lipinski definition) is 3. The Balaban J connectivity index is 1.90. The Bertz CT molecular complexity index is 765. The minimum absolute atomic E-state index is 0.0783. The number of hydrogen-bond donors (Lipinski definition) is 0. The fourth-order valence-corrected chi connectivity index (χ4v) is 2.36. The Kier molecular flexibility index (Phi) is 3.12. The summed E-state index contributed by atoms with van der Waals surface area (Å²) in [6.07, 6.45) is 4.44. The highest BCUT2D eigenvalue weighted by molar-refractivity contribution is 6.32. The molecule has 100 valence electrons. The predicted octanol–water partition coefficient (Wildman–Crippen LogP) is 3.49. The largest absolute Gasteiger partial charge is 0.307 e.